The highest BCUT2D eigenvalue weighted by molar-refractivity contribution is 6.35. The van der Waals surface area contributed by atoms with E-state index in [1.807, 2.05) is 5.32 Å². The molecule has 0 aliphatic carbocycles. The summed E-state index contributed by atoms with van der Waals surface area (Å²) in [5, 5.41) is 1.95. The molecule has 0 aromatic carbocycles. The standard InChI is InChI=1S/C11H11NO4/c1-4-7(13)11(9(15)6(2)3)5-8(14)12-10(11)16/h4H,1-2,5H2,3H3,(H,12,14,16). The van der Waals surface area contributed by atoms with Crippen LogP contribution in [-0.4, -0.2) is 23.4 Å². The number of allylic oxidation sites excluding steroid dienone is 2. The summed E-state index contributed by atoms with van der Waals surface area (Å²) in [5.74, 6) is -3.05. The molecule has 0 saturated carbocycles. The number of amides is 2. The minimum absolute atomic E-state index is 0.0556. The highest BCUT2D eigenvalue weighted by atomic mass is 16.2. The van der Waals surface area contributed by atoms with Gasteiger partial charge in [0.1, 0.15) is 0 Å². The van der Waals surface area contributed by atoms with E-state index in [9.17, 15) is 19.2 Å². The normalized spacial score (nSPS) is 23.8. The van der Waals surface area contributed by atoms with Gasteiger partial charge < -0.3 is 0 Å². The van der Waals surface area contributed by atoms with Crippen LogP contribution in [-0.2, 0) is 19.2 Å². The van der Waals surface area contributed by atoms with Crippen molar-refractivity contribution in [3.8, 4) is 0 Å². The van der Waals surface area contributed by atoms with Crippen LogP contribution in [0.1, 0.15) is 13.3 Å². The third-order valence-electron chi connectivity index (χ3n) is 2.45. The molecule has 1 fully saturated rings. The summed E-state index contributed by atoms with van der Waals surface area (Å²) >= 11 is 0. The summed E-state index contributed by atoms with van der Waals surface area (Å²) in [4.78, 5) is 46.2. The first-order valence-corrected chi connectivity index (χ1v) is 4.57. The number of Topliss-reactive ketones (excluding diaryl/α,β-unsaturated/α-hetero) is 1. The van der Waals surface area contributed by atoms with Crippen LogP contribution in [0.2, 0.25) is 0 Å². The van der Waals surface area contributed by atoms with Crippen molar-refractivity contribution in [2.24, 2.45) is 5.41 Å². The van der Waals surface area contributed by atoms with Gasteiger partial charge in [0, 0.05) is 0 Å². The Bertz CT molecular complexity index is 435. The van der Waals surface area contributed by atoms with Crippen molar-refractivity contribution in [2.45, 2.75) is 13.3 Å². The predicted octanol–water partition coefficient (Wildman–Crippen LogP) is -0.0804. The quantitative estimate of drug-likeness (QED) is 0.409. The summed E-state index contributed by atoms with van der Waals surface area (Å²) in [6.45, 7) is 8.01. The van der Waals surface area contributed by atoms with Gasteiger partial charge in [-0.1, -0.05) is 13.2 Å². The number of carbonyl (C=O) groups is 4. The van der Waals surface area contributed by atoms with Crippen LogP contribution in [0.3, 0.4) is 0 Å². The zero-order chi connectivity index (χ0) is 12.5. The van der Waals surface area contributed by atoms with Crippen LogP contribution in [0.15, 0.2) is 24.8 Å². The fraction of sp³-hybridized carbons (Fsp3) is 0.273. The molecule has 16 heavy (non-hydrogen) atoms. The highest BCUT2D eigenvalue weighted by Crippen LogP contribution is 2.32. The van der Waals surface area contributed by atoms with E-state index in [1.54, 1.807) is 0 Å². The molecule has 1 N–H and O–H groups in total. The first-order chi connectivity index (χ1) is 7.36. The van der Waals surface area contributed by atoms with Crippen molar-refractivity contribution in [3.63, 3.8) is 0 Å². The average Bonchev–Trinajstić information content (AvgIpc) is 2.52. The second-order valence-corrected chi connectivity index (χ2v) is 3.64. The molecule has 2 amide bonds. The van der Waals surface area contributed by atoms with E-state index in [0.29, 0.717) is 0 Å². The van der Waals surface area contributed by atoms with Gasteiger partial charge in [0.25, 0.3) is 0 Å². The molecular weight excluding hydrogens is 210 g/mol. The van der Waals surface area contributed by atoms with Gasteiger partial charge in [0.05, 0.1) is 6.42 Å². The second kappa shape index (κ2) is 3.84. The second-order valence-electron chi connectivity index (χ2n) is 3.64. The van der Waals surface area contributed by atoms with E-state index >= 15 is 0 Å². The third-order valence-corrected chi connectivity index (χ3v) is 2.45. The molecular formula is C11H11NO4. The summed E-state index contributed by atoms with van der Waals surface area (Å²) in [5.41, 5.74) is -1.93. The van der Waals surface area contributed by atoms with Gasteiger partial charge in [-0.3, -0.25) is 24.5 Å². The molecule has 1 heterocycles. The Morgan fingerprint density at radius 3 is 2.31 bits per heavy atom. The first kappa shape index (κ1) is 12.0. The van der Waals surface area contributed by atoms with E-state index in [2.05, 4.69) is 13.2 Å². The number of nitrogens with one attached hydrogen (secondary N) is 1. The first-order valence-electron chi connectivity index (χ1n) is 4.57. The van der Waals surface area contributed by atoms with Crippen molar-refractivity contribution in [1.82, 2.24) is 5.32 Å². The van der Waals surface area contributed by atoms with Crippen molar-refractivity contribution in [1.29, 1.82) is 0 Å². The molecule has 0 bridgehead atoms. The lowest BCUT2D eigenvalue weighted by Crippen LogP contribution is -2.45. The summed E-state index contributed by atoms with van der Waals surface area (Å²) in [6, 6.07) is 0. The Balaban J connectivity index is 3.34. The molecule has 1 rings (SSSR count). The molecule has 1 aliphatic heterocycles. The zero-order valence-electron chi connectivity index (χ0n) is 8.83. The molecule has 0 aromatic rings. The van der Waals surface area contributed by atoms with E-state index in [4.69, 9.17) is 0 Å². The highest BCUT2D eigenvalue weighted by Gasteiger charge is 2.56. The molecule has 1 atom stereocenters. The number of rotatable bonds is 4. The minimum atomic E-state index is -1.98. The molecule has 5 heteroatoms. The van der Waals surface area contributed by atoms with Crippen LogP contribution in [0.4, 0.5) is 0 Å². The van der Waals surface area contributed by atoms with E-state index < -0.39 is 35.2 Å². The molecule has 1 aliphatic rings. The molecule has 1 unspecified atom stereocenters. The molecule has 0 spiro atoms. The maximum atomic E-state index is 11.8. The van der Waals surface area contributed by atoms with Gasteiger partial charge in [-0.15, -0.1) is 0 Å². The minimum Gasteiger partial charge on any atom is -0.295 e. The number of imide groups is 1. The number of ketones is 2. The monoisotopic (exact) mass is 221 g/mol. The predicted molar refractivity (Wildman–Crippen MR) is 55.2 cm³/mol. The van der Waals surface area contributed by atoms with Crippen LogP contribution < -0.4 is 5.32 Å². The van der Waals surface area contributed by atoms with Crippen LogP contribution in [0.25, 0.3) is 0 Å². The number of hydrogen-bond acceptors (Lipinski definition) is 4. The van der Waals surface area contributed by atoms with Gasteiger partial charge in [0.15, 0.2) is 17.0 Å². The summed E-state index contributed by atoms with van der Waals surface area (Å²) in [7, 11) is 0. The molecule has 0 radical (unpaired) electrons. The fourth-order valence-electron chi connectivity index (χ4n) is 1.63. The van der Waals surface area contributed by atoms with Crippen LogP contribution in [0.5, 0.6) is 0 Å². The van der Waals surface area contributed by atoms with Crippen molar-refractivity contribution in [2.75, 3.05) is 0 Å². The van der Waals surface area contributed by atoms with Crippen LogP contribution >= 0.6 is 0 Å². The van der Waals surface area contributed by atoms with Crippen LogP contribution in [0, 0.1) is 5.41 Å². The summed E-state index contributed by atoms with van der Waals surface area (Å²) in [6.07, 6.45) is 0.404. The lowest BCUT2D eigenvalue weighted by Gasteiger charge is -2.20. The Hall–Kier alpha value is -2.04. The molecule has 0 aromatic heterocycles. The fourth-order valence-corrected chi connectivity index (χ4v) is 1.63. The van der Waals surface area contributed by atoms with E-state index in [1.165, 1.54) is 6.92 Å². The smallest absolute Gasteiger partial charge is 0.249 e. The molecule has 1 saturated heterocycles. The Labute approximate surface area is 92.2 Å². The summed E-state index contributed by atoms with van der Waals surface area (Å²) < 4.78 is 0. The van der Waals surface area contributed by atoms with Crippen molar-refractivity contribution in [3.05, 3.63) is 24.8 Å². The molecule has 84 valence electrons. The number of hydrogen-bond donors (Lipinski definition) is 1. The lowest BCUT2D eigenvalue weighted by atomic mass is 9.75. The van der Waals surface area contributed by atoms with Gasteiger partial charge in [-0.2, -0.15) is 0 Å². The van der Waals surface area contributed by atoms with Gasteiger partial charge >= 0.3 is 0 Å². The number of carbonyl (C=O) groups excluding carboxylic acids is 4. The Morgan fingerprint density at radius 1 is 1.44 bits per heavy atom. The Kier molecular flexibility index (Phi) is 2.89. The van der Waals surface area contributed by atoms with Crippen molar-refractivity contribution >= 4 is 23.4 Å². The van der Waals surface area contributed by atoms with Crippen molar-refractivity contribution < 1.29 is 19.2 Å². The maximum Gasteiger partial charge on any atom is 0.249 e. The maximum absolute atomic E-state index is 11.8. The molecule has 5 nitrogen and oxygen atoms in total. The topological polar surface area (TPSA) is 80.3 Å². The van der Waals surface area contributed by atoms with Gasteiger partial charge in [-0.25, -0.2) is 0 Å². The average molecular weight is 221 g/mol. The third kappa shape index (κ3) is 1.50. The largest absolute Gasteiger partial charge is 0.295 e. The lowest BCUT2D eigenvalue weighted by molar-refractivity contribution is -0.144. The van der Waals surface area contributed by atoms with E-state index in [0.717, 1.165) is 6.08 Å². The zero-order valence-corrected chi connectivity index (χ0v) is 8.83. The SMILES string of the molecule is C=CC(=O)C1(C(=O)C(=C)C)CC(=O)NC1=O. The van der Waals surface area contributed by atoms with Gasteiger partial charge in [0.2, 0.25) is 11.8 Å². The van der Waals surface area contributed by atoms with E-state index in [-0.39, 0.29) is 5.57 Å². The Morgan fingerprint density at radius 2 is 2.00 bits per heavy atom. The van der Waals surface area contributed by atoms with Gasteiger partial charge in [-0.05, 0) is 18.6 Å².